The zero-order valence-electron chi connectivity index (χ0n) is 12.9. The number of benzene rings is 1. The van der Waals surface area contributed by atoms with Gasteiger partial charge in [-0.1, -0.05) is 17.7 Å². The van der Waals surface area contributed by atoms with Gasteiger partial charge < -0.3 is 14.8 Å². The Labute approximate surface area is 142 Å². The molecule has 1 saturated heterocycles. The van der Waals surface area contributed by atoms with E-state index in [1.807, 2.05) is 24.3 Å². The highest BCUT2D eigenvalue weighted by Crippen LogP contribution is 2.20. The highest BCUT2D eigenvalue weighted by molar-refractivity contribution is 6.30. The first-order chi connectivity index (χ1) is 11.5. The predicted octanol–water partition coefficient (Wildman–Crippen LogP) is 0.608. The van der Waals surface area contributed by atoms with Gasteiger partial charge in [0.15, 0.2) is 0 Å². The largest absolute Gasteiger partial charge is 0.368 e. The van der Waals surface area contributed by atoms with Crippen molar-refractivity contribution in [1.82, 2.24) is 14.9 Å². The Bertz CT molecular complexity index is 824. The molecule has 24 heavy (non-hydrogen) atoms. The Morgan fingerprint density at radius 1 is 1.08 bits per heavy atom. The molecule has 1 aromatic carbocycles. The molecular formula is C16H17ClN4O3. The summed E-state index contributed by atoms with van der Waals surface area (Å²) in [6, 6.07) is 8.86. The van der Waals surface area contributed by atoms with E-state index in [1.54, 1.807) is 4.90 Å². The lowest BCUT2D eigenvalue weighted by Gasteiger charge is -2.36. The van der Waals surface area contributed by atoms with Gasteiger partial charge in [0.05, 0.1) is 6.42 Å². The van der Waals surface area contributed by atoms with Crippen LogP contribution in [0.5, 0.6) is 0 Å². The van der Waals surface area contributed by atoms with Crippen LogP contribution in [0.15, 0.2) is 39.9 Å². The van der Waals surface area contributed by atoms with Crippen molar-refractivity contribution in [1.29, 1.82) is 0 Å². The molecular weight excluding hydrogens is 332 g/mol. The molecule has 1 aliphatic heterocycles. The van der Waals surface area contributed by atoms with Crippen LogP contribution in [0.1, 0.15) is 5.69 Å². The van der Waals surface area contributed by atoms with Gasteiger partial charge in [0.1, 0.15) is 0 Å². The van der Waals surface area contributed by atoms with Gasteiger partial charge in [-0.05, 0) is 18.2 Å². The van der Waals surface area contributed by atoms with E-state index in [2.05, 4.69) is 14.9 Å². The van der Waals surface area contributed by atoms with Crippen molar-refractivity contribution < 1.29 is 4.79 Å². The van der Waals surface area contributed by atoms with E-state index >= 15 is 0 Å². The molecule has 2 aromatic rings. The summed E-state index contributed by atoms with van der Waals surface area (Å²) in [5, 5.41) is 0.684. The molecule has 1 aliphatic rings. The van der Waals surface area contributed by atoms with Crippen LogP contribution in [0.25, 0.3) is 0 Å². The second kappa shape index (κ2) is 6.92. The van der Waals surface area contributed by atoms with Crippen molar-refractivity contribution in [2.75, 3.05) is 31.1 Å². The molecule has 2 N–H and O–H groups in total. The number of H-pyrrole nitrogens is 2. The first kappa shape index (κ1) is 16.3. The van der Waals surface area contributed by atoms with Crippen LogP contribution in [0.4, 0.5) is 5.69 Å². The van der Waals surface area contributed by atoms with Crippen LogP contribution in [-0.2, 0) is 11.2 Å². The van der Waals surface area contributed by atoms with E-state index in [0.29, 0.717) is 36.9 Å². The quantitative estimate of drug-likeness (QED) is 0.850. The molecule has 0 spiro atoms. The zero-order chi connectivity index (χ0) is 17.1. The van der Waals surface area contributed by atoms with Gasteiger partial charge in [-0.25, -0.2) is 4.79 Å². The lowest BCUT2D eigenvalue weighted by Crippen LogP contribution is -2.49. The molecule has 0 radical (unpaired) electrons. The summed E-state index contributed by atoms with van der Waals surface area (Å²) < 4.78 is 0. The Morgan fingerprint density at radius 2 is 1.83 bits per heavy atom. The molecule has 0 bridgehead atoms. The molecule has 0 atom stereocenters. The summed E-state index contributed by atoms with van der Waals surface area (Å²) in [4.78, 5) is 43.3. The topological polar surface area (TPSA) is 89.3 Å². The van der Waals surface area contributed by atoms with Gasteiger partial charge >= 0.3 is 5.69 Å². The number of carbonyl (C=O) groups is 1. The van der Waals surface area contributed by atoms with Crippen LogP contribution in [0.3, 0.4) is 0 Å². The fourth-order valence-electron chi connectivity index (χ4n) is 2.78. The maximum absolute atomic E-state index is 12.3. The van der Waals surface area contributed by atoms with Crippen molar-refractivity contribution in [3.8, 4) is 0 Å². The zero-order valence-corrected chi connectivity index (χ0v) is 13.7. The van der Waals surface area contributed by atoms with Gasteiger partial charge in [-0.3, -0.25) is 14.6 Å². The van der Waals surface area contributed by atoms with Crippen molar-refractivity contribution in [2.24, 2.45) is 0 Å². The van der Waals surface area contributed by atoms with E-state index < -0.39 is 11.2 Å². The summed E-state index contributed by atoms with van der Waals surface area (Å²) in [6.07, 6.45) is 0.0102. The summed E-state index contributed by atoms with van der Waals surface area (Å²) >= 11 is 6.01. The maximum atomic E-state index is 12.3. The number of rotatable bonds is 3. The van der Waals surface area contributed by atoms with E-state index in [4.69, 9.17) is 11.6 Å². The third-order valence-electron chi connectivity index (χ3n) is 3.96. The molecule has 126 valence electrons. The number of hydrogen-bond acceptors (Lipinski definition) is 4. The number of anilines is 1. The number of nitrogens with one attached hydrogen (secondary N) is 2. The Balaban J connectivity index is 1.61. The Hall–Kier alpha value is -2.54. The molecule has 0 aliphatic carbocycles. The number of carbonyl (C=O) groups excluding carboxylic acids is 1. The summed E-state index contributed by atoms with van der Waals surface area (Å²) in [5.41, 5.74) is 0.253. The molecule has 0 saturated carbocycles. The first-order valence-corrected chi connectivity index (χ1v) is 8.00. The average molecular weight is 349 g/mol. The number of amides is 1. The molecule has 1 fully saturated rings. The van der Waals surface area contributed by atoms with Crippen LogP contribution in [-0.4, -0.2) is 47.0 Å². The van der Waals surface area contributed by atoms with E-state index in [-0.39, 0.29) is 12.3 Å². The molecule has 8 heteroatoms. The number of nitrogens with zero attached hydrogens (tertiary/aromatic N) is 2. The van der Waals surface area contributed by atoms with Crippen molar-refractivity contribution in [2.45, 2.75) is 6.42 Å². The minimum Gasteiger partial charge on any atom is -0.368 e. The third kappa shape index (κ3) is 3.86. The van der Waals surface area contributed by atoms with Crippen LogP contribution in [0, 0.1) is 0 Å². The predicted molar refractivity (Wildman–Crippen MR) is 91.6 cm³/mol. The smallest absolute Gasteiger partial charge is 0.325 e. The number of hydrogen-bond donors (Lipinski definition) is 2. The fraction of sp³-hybridized carbons (Fsp3) is 0.312. The molecule has 1 aromatic heterocycles. The van der Waals surface area contributed by atoms with Crippen LogP contribution < -0.4 is 16.1 Å². The van der Waals surface area contributed by atoms with Crippen molar-refractivity contribution in [3.05, 3.63) is 61.9 Å². The van der Waals surface area contributed by atoms with Gasteiger partial charge in [0.25, 0.3) is 5.56 Å². The second-order valence-corrected chi connectivity index (χ2v) is 6.07. The van der Waals surface area contributed by atoms with Gasteiger partial charge in [0, 0.05) is 48.6 Å². The molecule has 0 unspecified atom stereocenters. The molecule has 7 nitrogen and oxygen atoms in total. The number of piperazine rings is 1. The minimum atomic E-state index is -0.601. The normalized spacial score (nSPS) is 14.7. The molecule has 3 rings (SSSR count). The summed E-state index contributed by atoms with van der Waals surface area (Å²) in [5.74, 6) is -0.109. The lowest BCUT2D eigenvalue weighted by molar-refractivity contribution is -0.130. The van der Waals surface area contributed by atoms with Gasteiger partial charge in [-0.2, -0.15) is 0 Å². The fourth-order valence-corrected chi connectivity index (χ4v) is 2.96. The van der Waals surface area contributed by atoms with E-state index in [9.17, 15) is 14.4 Å². The molecule has 2 heterocycles. The highest BCUT2D eigenvalue weighted by Gasteiger charge is 2.21. The first-order valence-electron chi connectivity index (χ1n) is 7.62. The number of halogens is 1. The minimum absolute atomic E-state index is 0.0102. The summed E-state index contributed by atoms with van der Waals surface area (Å²) in [7, 11) is 0. The van der Waals surface area contributed by atoms with E-state index in [0.717, 1.165) is 5.69 Å². The van der Waals surface area contributed by atoms with E-state index in [1.165, 1.54) is 6.07 Å². The van der Waals surface area contributed by atoms with Crippen LogP contribution in [0.2, 0.25) is 5.02 Å². The third-order valence-corrected chi connectivity index (χ3v) is 4.20. The second-order valence-electron chi connectivity index (χ2n) is 5.64. The van der Waals surface area contributed by atoms with Crippen molar-refractivity contribution in [3.63, 3.8) is 0 Å². The Kier molecular flexibility index (Phi) is 4.71. The van der Waals surface area contributed by atoms with Gasteiger partial charge in [-0.15, -0.1) is 0 Å². The lowest BCUT2D eigenvalue weighted by atomic mass is 10.2. The van der Waals surface area contributed by atoms with Gasteiger partial charge in [0.2, 0.25) is 5.91 Å². The molecule has 1 amide bonds. The standard InChI is InChI=1S/C16H17ClN4O3/c17-11-2-1-3-13(8-11)20-4-6-21(7-5-20)15(23)10-12-9-14(22)19-16(24)18-12/h1-3,8-9H,4-7,10H2,(H2,18,19,22,24). The summed E-state index contributed by atoms with van der Waals surface area (Å²) in [6.45, 7) is 2.58. The highest BCUT2D eigenvalue weighted by atomic mass is 35.5. The number of aromatic nitrogens is 2. The van der Waals surface area contributed by atoms with Crippen LogP contribution >= 0.6 is 11.6 Å². The Morgan fingerprint density at radius 3 is 2.50 bits per heavy atom. The maximum Gasteiger partial charge on any atom is 0.325 e. The SMILES string of the molecule is O=C(Cc1cc(=O)[nH]c(=O)[nH]1)N1CCN(c2cccc(Cl)c2)CC1. The average Bonchev–Trinajstić information content (AvgIpc) is 2.54. The monoisotopic (exact) mass is 348 g/mol. The number of aromatic amines is 2. The van der Waals surface area contributed by atoms with Crippen molar-refractivity contribution >= 4 is 23.2 Å².